The summed E-state index contributed by atoms with van der Waals surface area (Å²) in [7, 11) is 0. The van der Waals surface area contributed by atoms with Gasteiger partial charge in [-0.1, -0.05) is 23.7 Å². The maximum absolute atomic E-state index is 12.8. The zero-order chi connectivity index (χ0) is 11.5. The van der Waals surface area contributed by atoms with Crippen molar-refractivity contribution in [2.75, 3.05) is 5.32 Å². The normalized spacial score (nSPS) is 10.2. The van der Waals surface area contributed by atoms with Crippen molar-refractivity contribution < 1.29 is 4.39 Å². The van der Waals surface area contributed by atoms with Crippen molar-refractivity contribution in [2.45, 2.75) is 6.92 Å². The van der Waals surface area contributed by atoms with Gasteiger partial charge in [0.15, 0.2) is 0 Å². The molecule has 0 fully saturated rings. The zero-order valence-corrected chi connectivity index (χ0v) is 9.42. The van der Waals surface area contributed by atoms with E-state index in [4.69, 9.17) is 11.6 Å². The van der Waals surface area contributed by atoms with Gasteiger partial charge in [0.05, 0.1) is 0 Å². The number of benzene rings is 1. The number of pyridine rings is 1. The van der Waals surface area contributed by atoms with Gasteiger partial charge in [-0.2, -0.15) is 4.39 Å². The van der Waals surface area contributed by atoms with Crippen LogP contribution in [0.25, 0.3) is 0 Å². The maximum atomic E-state index is 12.8. The van der Waals surface area contributed by atoms with Gasteiger partial charge in [-0.05, 0) is 36.8 Å². The predicted octanol–water partition coefficient (Wildman–Crippen LogP) is 3.93. The van der Waals surface area contributed by atoms with Crippen LogP contribution in [-0.2, 0) is 0 Å². The van der Waals surface area contributed by atoms with Gasteiger partial charge >= 0.3 is 0 Å². The molecule has 0 saturated heterocycles. The lowest BCUT2D eigenvalue weighted by Crippen LogP contribution is -1.95. The molecule has 1 aromatic heterocycles. The van der Waals surface area contributed by atoms with E-state index in [-0.39, 0.29) is 0 Å². The first kappa shape index (κ1) is 10.9. The molecule has 0 spiro atoms. The van der Waals surface area contributed by atoms with Crippen molar-refractivity contribution in [3.05, 3.63) is 52.9 Å². The molecule has 0 unspecified atom stereocenters. The van der Waals surface area contributed by atoms with Crippen LogP contribution in [0.5, 0.6) is 0 Å². The first-order chi connectivity index (χ1) is 7.65. The lowest BCUT2D eigenvalue weighted by Gasteiger charge is -2.06. The monoisotopic (exact) mass is 236 g/mol. The third-order valence-corrected chi connectivity index (χ3v) is 2.57. The number of nitrogens with one attached hydrogen (secondary N) is 1. The van der Waals surface area contributed by atoms with Crippen molar-refractivity contribution >= 4 is 23.1 Å². The number of hydrogen-bond acceptors (Lipinski definition) is 2. The van der Waals surface area contributed by atoms with Gasteiger partial charge in [-0.25, -0.2) is 4.98 Å². The first-order valence-electron chi connectivity index (χ1n) is 4.81. The number of nitrogens with zero attached hydrogens (tertiary/aromatic N) is 1. The van der Waals surface area contributed by atoms with Crippen LogP contribution < -0.4 is 5.32 Å². The maximum Gasteiger partial charge on any atom is 0.214 e. The summed E-state index contributed by atoms with van der Waals surface area (Å²) in [6.45, 7) is 1.92. The molecule has 82 valence electrons. The van der Waals surface area contributed by atoms with Crippen LogP contribution in [0.2, 0.25) is 5.02 Å². The second kappa shape index (κ2) is 4.49. The van der Waals surface area contributed by atoms with Crippen LogP contribution in [0, 0.1) is 12.9 Å². The van der Waals surface area contributed by atoms with E-state index in [9.17, 15) is 4.39 Å². The lowest BCUT2D eigenvalue weighted by molar-refractivity contribution is 0.585. The number of anilines is 2. The van der Waals surface area contributed by atoms with Crippen LogP contribution in [0.3, 0.4) is 0 Å². The predicted molar refractivity (Wildman–Crippen MR) is 63.7 cm³/mol. The fraction of sp³-hybridized carbons (Fsp3) is 0.0833. The van der Waals surface area contributed by atoms with Crippen molar-refractivity contribution in [2.24, 2.45) is 0 Å². The Bertz CT molecular complexity index is 514. The molecule has 0 amide bonds. The largest absolute Gasteiger partial charge is 0.340 e. The minimum absolute atomic E-state index is 0.458. The van der Waals surface area contributed by atoms with Crippen molar-refractivity contribution in [1.29, 1.82) is 0 Å². The minimum Gasteiger partial charge on any atom is -0.340 e. The number of rotatable bonds is 2. The Balaban J connectivity index is 2.24. The summed E-state index contributed by atoms with van der Waals surface area (Å²) >= 11 is 5.98. The smallest absolute Gasteiger partial charge is 0.214 e. The molecule has 16 heavy (non-hydrogen) atoms. The molecule has 1 aromatic carbocycles. The topological polar surface area (TPSA) is 24.9 Å². The molecule has 2 aromatic rings. The fourth-order valence-electron chi connectivity index (χ4n) is 1.30. The molecule has 4 heteroatoms. The van der Waals surface area contributed by atoms with E-state index >= 15 is 0 Å². The average Bonchev–Trinajstić information content (AvgIpc) is 2.24. The average molecular weight is 237 g/mol. The van der Waals surface area contributed by atoms with Gasteiger partial charge in [0.1, 0.15) is 5.82 Å². The van der Waals surface area contributed by atoms with Gasteiger partial charge in [0.25, 0.3) is 0 Å². The highest BCUT2D eigenvalue weighted by atomic mass is 35.5. The molecule has 1 heterocycles. The lowest BCUT2D eigenvalue weighted by atomic mass is 10.2. The molecular formula is C12H10ClFN2. The molecule has 0 bridgehead atoms. The molecule has 0 radical (unpaired) electrons. The Morgan fingerprint density at radius 2 is 2.06 bits per heavy atom. The second-order valence-corrected chi connectivity index (χ2v) is 3.84. The van der Waals surface area contributed by atoms with Crippen LogP contribution >= 0.6 is 11.6 Å². The van der Waals surface area contributed by atoms with E-state index < -0.39 is 5.95 Å². The van der Waals surface area contributed by atoms with Crippen molar-refractivity contribution in [3.8, 4) is 0 Å². The molecule has 0 aliphatic rings. The SMILES string of the molecule is Cc1ccc(Nc2cccc(F)n2)cc1Cl. The fourth-order valence-corrected chi connectivity index (χ4v) is 1.48. The van der Waals surface area contributed by atoms with Crippen LogP contribution in [0.1, 0.15) is 5.56 Å². The number of aromatic nitrogens is 1. The summed E-state index contributed by atoms with van der Waals surface area (Å²) in [5.41, 5.74) is 1.79. The highest BCUT2D eigenvalue weighted by Gasteiger charge is 2.00. The quantitative estimate of drug-likeness (QED) is 0.800. The second-order valence-electron chi connectivity index (χ2n) is 3.43. The molecule has 2 rings (SSSR count). The van der Waals surface area contributed by atoms with Gasteiger partial charge in [0.2, 0.25) is 5.95 Å². The molecule has 0 saturated carbocycles. The van der Waals surface area contributed by atoms with Gasteiger partial charge in [0, 0.05) is 10.7 Å². The van der Waals surface area contributed by atoms with Gasteiger partial charge in [-0.15, -0.1) is 0 Å². The summed E-state index contributed by atoms with van der Waals surface area (Å²) in [5, 5.41) is 3.65. The third-order valence-electron chi connectivity index (χ3n) is 2.16. The third kappa shape index (κ3) is 2.49. The first-order valence-corrected chi connectivity index (χ1v) is 5.19. The molecular weight excluding hydrogens is 227 g/mol. The van der Waals surface area contributed by atoms with Crippen LogP contribution in [0.15, 0.2) is 36.4 Å². The van der Waals surface area contributed by atoms with Crippen molar-refractivity contribution in [3.63, 3.8) is 0 Å². The highest BCUT2D eigenvalue weighted by molar-refractivity contribution is 6.31. The minimum atomic E-state index is -0.511. The van der Waals surface area contributed by atoms with E-state index in [2.05, 4.69) is 10.3 Å². The van der Waals surface area contributed by atoms with E-state index in [0.717, 1.165) is 11.3 Å². The Morgan fingerprint density at radius 3 is 2.75 bits per heavy atom. The van der Waals surface area contributed by atoms with Crippen LogP contribution in [-0.4, -0.2) is 4.98 Å². The van der Waals surface area contributed by atoms with Gasteiger partial charge in [-0.3, -0.25) is 0 Å². The Morgan fingerprint density at radius 1 is 1.25 bits per heavy atom. The Kier molecular flexibility index (Phi) is 3.06. The summed E-state index contributed by atoms with van der Waals surface area (Å²) in [5.74, 6) is -0.0527. The summed E-state index contributed by atoms with van der Waals surface area (Å²) in [6.07, 6.45) is 0. The Hall–Kier alpha value is -1.61. The van der Waals surface area contributed by atoms with Gasteiger partial charge < -0.3 is 5.32 Å². The summed E-state index contributed by atoms with van der Waals surface area (Å²) in [4.78, 5) is 3.70. The number of hydrogen-bond donors (Lipinski definition) is 1. The van der Waals surface area contributed by atoms with Crippen LogP contribution in [0.4, 0.5) is 15.9 Å². The summed E-state index contributed by atoms with van der Waals surface area (Å²) < 4.78 is 12.8. The molecule has 0 atom stereocenters. The summed E-state index contributed by atoms with van der Waals surface area (Å²) in [6, 6.07) is 10.1. The molecule has 1 N–H and O–H groups in total. The number of halogens is 2. The van der Waals surface area contributed by atoms with Crippen molar-refractivity contribution in [1.82, 2.24) is 4.98 Å². The standard InChI is InChI=1S/C12H10ClFN2/c1-8-5-6-9(7-10(8)13)15-12-4-2-3-11(14)16-12/h2-7H,1H3,(H,15,16). The molecule has 2 nitrogen and oxygen atoms in total. The molecule has 0 aliphatic heterocycles. The number of aryl methyl sites for hydroxylation is 1. The molecule has 0 aliphatic carbocycles. The highest BCUT2D eigenvalue weighted by Crippen LogP contribution is 2.22. The Labute approximate surface area is 98.1 Å². The van der Waals surface area contributed by atoms with E-state index in [1.165, 1.54) is 6.07 Å². The zero-order valence-electron chi connectivity index (χ0n) is 8.67. The van der Waals surface area contributed by atoms with E-state index in [1.807, 2.05) is 19.1 Å². The van der Waals surface area contributed by atoms with E-state index in [0.29, 0.717) is 10.8 Å². The van der Waals surface area contributed by atoms with E-state index in [1.54, 1.807) is 18.2 Å².